The lowest BCUT2D eigenvalue weighted by atomic mass is 9.85. The van der Waals surface area contributed by atoms with Crippen molar-refractivity contribution in [2.45, 2.75) is 37.9 Å². The van der Waals surface area contributed by atoms with Gasteiger partial charge in [-0.05, 0) is 60.4 Å². The Bertz CT molecular complexity index is 482. The van der Waals surface area contributed by atoms with Gasteiger partial charge in [-0.2, -0.15) is 13.2 Å². The second-order valence-corrected chi connectivity index (χ2v) is 6.21. The van der Waals surface area contributed by atoms with Gasteiger partial charge in [-0.15, -0.1) is 0 Å². The number of nitrogens with one attached hydrogen (secondary N) is 1. The van der Waals surface area contributed by atoms with Crippen LogP contribution in [0.1, 0.15) is 36.0 Å². The molecule has 1 fully saturated rings. The third kappa shape index (κ3) is 3.86. The predicted molar refractivity (Wildman–Crippen MR) is 78.4 cm³/mol. The summed E-state index contributed by atoms with van der Waals surface area (Å²) in [5, 5.41) is 2.84. The zero-order valence-corrected chi connectivity index (χ0v) is 12.9. The first-order valence-electron chi connectivity index (χ1n) is 6.50. The second kappa shape index (κ2) is 6.32. The lowest BCUT2D eigenvalue weighted by molar-refractivity contribution is -0.182. The van der Waals surface area contributed by atoms with E-state index in [1.54, 1.807) is 12.1 Å². The highest BCUT2D eigenvalue weighted by molar-refractivity contribution is 14.1. The Balaban J connectivity index is 1.90. The molecule has 0 aromatic heterocycles. The lowest BCUT2D eigenvalue weighted by Crippen LogP contribution is -2.40. The molecule has 0 atom stereocenters. The molecule has 2 nitrogen and oxygen atoms in total. The van der Waals surface area contributed by atoms with Crippen LogP contribution in [0.2, 0.25) is 0 Å². The van der Waals surface area contributed by atoms with Gasteiger partial charge < -0.3 is 5.32 Å². The Morgan fingerprint density at radius 1 is 1.15 bits per heavy atom. The van der Waals surface area contributed by atoms with Crippen LogP contribution in [0.15, 0.2) is 24.3 Å². The summed E-state index contributed by atoms with van der Waals surface area (Å²) in [5.41, 5.74) is 0.575. The van der Waals surface area contributed by atoms with E-state index in [0.29, 0.717) is 18.4 Å². The fourth-order valence-corrected chi connectivity index (χ4v) is 3.11. The second-order valence-electron chi connectivity index (χ2n) is 5.04. The van der Waals surface area contributed by atoms with Crippen LogP contribution in [0.4, 0.5) is 13.2 Å². The quantitative estimate of drug-likeness (QED) is 0.747. The molecule has 0 unspecified atom stereocenters. The number of carbonyl (C=O) groups is 1. The average molecular weight is 397 g/mol. The summed E-state index contributed by atoms with van der Waals surface area (Å²) in [6, 6.07) is 7.01. The molecular formula is C14H15F3INO. The van der Waals surface area contributed by atoms with Crippen LogP contribution in [0.3, 0.4) is 0 Å². The molecule has 110 valence electrons. The predicted octanol–water partition coefficient (Wildman–Crippen LogP) is 4.14. The molecule has 2 rings (SSSR count). The number of hydrogen-bond donors (Lipinski definition) is 1. The Hall–Kier alpha value is -0.790. The molecule has 1 aromatic rings. The van der Waals surface area contributed by atoms with E-state index in [9.17, 15) is 18.0 Å². The van der Waals surface area contributed by atoms with Crippen LogP contribution in [-0.4, -0.2) is 18.1 Å². The Labute approximate surface area is 129 Å². The highest BCUT2D eigenvalue weighted by Gasteiger charge is 2.41. The summed E-state index contributed by atoms with van der Waals surface area (Å²) in [6.45, 7) is 0. The van der Waals surface area contributed by atoms with Crippen LogP contribution in [-0.2, 0) is 0 Å². The van der Waals surface area contributed by atoms with E-state index in [2.05, 4.69) is 27.9 Å². The minimum atomic E-state index is -4.11. The van der Waals surface area contributed by atoms with Crippen molar-refractivity contribution in [3.63, 3.8) is 0 Å². The molecule has 0 bridgehead atoms. The Morgan fingerprint density at radius 2 is 1.75 bits per heavy atom. The van der Waals surface area contributed by atoms with Crippen molar-refractivity contribution in [2.24, 2.45) is 5.92 Å². The molecule has 0 heterocycles. The van der Waals surface area contributed by atoms with E-state index in [0.717, 1.165) is 3.57 Å². The molecule has 20 heavy (non-hydrogen) atoms. The van der Waals surface area contributed by atoms with E-state index in [1.807, 2.05) is 12.1 Å². The van der Waals surface area contributed by atoms with Crippen molar-refractivity contribution in [3.05, 3.63) is 33.4 Å². The maximum Gasteiger partial charge on any atom is 0.391 e. The van der Waals surface area contributed by atoms with Crippen molar-refractivity contribution in [1.29, 1.82) is 0 Å². The van der Waals surface area contributed by atoms with Crippen molar-refractivity contribution in [2.75, 3.05) is 0 Å². The molecule has 6 heteroatoms. The Morgan fingerprint density at radius 3 is 2.30 bits per heavy atom. The van der Waals surface area contributed by atoms with Crippen LogP contribution >= 0.6 is 22.6 Å². The van der Waals surface area contributed by atoms with Crippen LogP contribution in [0, 0.1) is 9.49 Å². The fraction of sp³-hybridized carbons (Fsp3) is 0.500. The molecule has 1 aliphatic rings. The minimum Gasteiger partial charge on any atom is -0.349 e. The standard InChI is InChI=1S/C14H15F3INO/c15-14(16,17)9-5-7-10(8-6-9)19-13(20)11-3-1-2-4-12(11)18/h1-4,9-10H,5-8H2,(H,19,20). The number of hydrogen-bond acceptors (Lipinski definition) is 1. The number of carbonyl (C=O) groups excluding carboxylic acids is 1. The summed E-state index contributed by atoms with van der Waals surface area (Å²) in [5.74, 6) is -1.42. The average Bonchev–Trinajstić information content (AvgIpc) is 2.38. The normalized spacial score (nSPS) is 23.4. The van der Waals surface area contributed by atoms with E-state index >= 15 is 0 Å². The van der Waals surface area contributed by atoms with E-state index < -0.39 is 12.1 Å². The summed E-state index contributed by atoms with van der Waals surface area (Å²) in [6.07, 6.45) is -3.14. The molecule has 0 radical (unpaired) electrons. The zero-order valence-electron chi connectivity index (χ0n) is 10.7. The van der Waals surface area contributed by atoms with Crippen molar-refractivity contribution in [3.8, 4) is 0 Å². The van der Waals surface area contributed by atoms with Gasteiger partial charge in [-0.1, -0.05) is 12.1 Å². The molecule has 1 aromatic carbocycles. The smallest absolute Gasteiger partial charge is 0.349 e. The lowest BCUT2D eigenvalue weighted by Gasteiger charge is -2.30. The van der Waals surface area contributed by atoms with Gasteiger partial charge in [-0.3, -0.25) is 4.79 Å². The molecule has 1 aliphatic carbocycles. The molecule has 1 amide bonds. The van der Waals surface area contributed by atoms with Crippen LogP contribution in [0.5, 0.6) is 0 Å². The third-order valence-corrected chi connectivity index (χ3v) is 4.58. The highest BCUT2D eigenvalue weighted by atomic mass is 127. The Kier molecular flexibility index (Phi) is 4.93. The summed E-state index contributed by atoms with van der Waals surface area (Å²) in [4.78, 5) is 12.1. The summed E-state index contributed by atoms with van der Waals surface area (Å²) in [7, 11) is 0. The summed E-state index contributed by atoms with van der Waals surface area (Å²) >= 11 is 2.07. The van der Waals surface area contributed by atoms with Crippen LogP contribution in [0.25, 0.3) is 0 Å². The number of halogens is 4. The largest absolute Gasteiger partial charge is 0.391 e. The molecular weight excluding hydrogens is 382 g/mol. The highest BCUT2D eigenvalue weighted by Crippen LogP contribution is 2.37. The zero-order chi connectivity index (χ0) is 14.8. The van der Waals surface area contributed by atoms with Crippen molar-refractivity contribution in [1.82, 2.24) is 5.32 Å². The fourth-order valence-electron chi connectivity index (χ4n) is 2.47. The number of amides is 1. The molecule has 1 N–H and O–H groups in total. The molecule has 0 spiro atoms. The topological polar surface area (TPSA) is 29.1 Å². The van der Waals surface area contributed by atoms with E-state index in [-0.39, 0.29) is 24.8 Å². The van der Waals surface area contributed by atoms with Crippen molar-refractivity contribution < 1.29 is 18.0 Å². The molecule has 0 saturated heterocycles. The van der Waals surface area contributed by atoms with Gasteiger partial charge in [0.2, 0.25) is 0 Å². The van der Waals surface area contributed by atoms with E-state index in [4.69, 9.17) is 0 Å². The van der Waals surface area contributed by atoms with Gasteiger partial charge in [-0.25, -0.2) is 0 Å². The maximum atomic E-state index is 12.6. The number of rotatable bonds is 2. The molecule has 0 aliphatic heterocycles. The van der Waals surface area contributed by atoms with Gasteiger partial charge in [0, 0.05) is 9.61 Å². The van der Waals surface area contributed by atoms with Gasteiger partial charge in [0.25, 0.3) is 5.91 Å². The van der Waals surface area contributed by atoms with Gasteiger partial charge in [0.15, 0.2) is 0 Å². The van der Waals surface area contributed by atoms with Gasteiger partial charge in [0.05, 0.1) is 11.5 Å². The first-order chi connectivity index (χ1) is 9.38. The van der Waals surface area contributed by atoms with Crippen LogP contribution < -0.4 is 5.32 Å². The van der Waals surface area contributed by atoms with Crippen molar-refractivity contribution >= 4 is 28.5 Å². The SMILES string of the molecule is O=C(NC1CCC(C(F)(F)F)CC1)c1ccccc1I. The first-order valence-corrected chi connectivity index (χ1v) is 7.58. The van der Waals surface area contributed by atoms with E-state index in [1.165, 1.54) is 0 Å². The number of benzene rings is 1. The number of alkyl halides is 3. The minimum absolute atomic E-state index is 0.0975. The first kappa shape index (κ1) is 15.6. The molecule has 1 saturated carbocycles. The van der Waals surface area contributed by atoms with Gasteiger partial charge >= 0.3 is 6.18 Å². The van der Waals surface area contributed by atoms with Gasteiger partial charge in [0.1, 0.15) is 0 Å². The summed E-state index contributed by atoms with van der Waals surface area (Å²) < 4.78 is 38.5. The maximum absolute atomic E-state index is 12.6. The monoisotopic (exact) mass is 397 g/mol. The third-order valence-electron chi connectivity index (χ3n) is 3.64.